The molecule has 0 radical (unpaired) electrons. The fourth-order valence-electron chi connectivity index (χ4n) is 4.13. The molecule has 2 aromatic heterocycles. The Morgan fingerprint density at radius 1 is 1.24 bits per heavy atom. The third-order valence-electron chi connectivity index (χ3n) is 5.12. The first-order chi connectivity index (χ1) is 10.3. The lowest BCUT2D eigenvalue weighted by Gasteiger charge is -2.28. The van der Waals surface area contributed by atoms with Crippen LogP contribution in [0.15, 0.2) is 0 Å². The van der Waals surface area contributed by atoms with E-state index in [0.717, 1.165) is 30.8 Å². The van der Waals surface area contributed by atoms with Crippen LogP contribution in [0.2, 0.25) is 0 Å². The van der Waals surface area contributed by atoms with E-state index in [2.05, 4.69) is 20.2 Å². The van der Waals surface area contributed by atoms with Gasteiger partial charge in [-0.15, -0.1) is 11.3 Å². The highest BCUT2D eigenvalue weighted by Crippen LogP contribution is 2.41. The van der Waals surface area contributed by atoms with Crippen molar-refractivity contribution in [1.82, 2.24) is 15.3 Å². The lowest BCUT2D eigenvalue weighted by molar-refractivity contribution is 0.578. The predicted octanol–water partition coefficient (Wildman–Crippen LogP) is 1.70. The maximum atomic E-state index is 6.02. The summed E-state index contributed by atoms with van der Waals surface area (Å²) in [5.41, 5.74) is 8.60. The maximum absolute atomic E-state index is 6.02. The van der Waals surface area contributed by atoms with Crippen molar-refractivity contribution >= 4 is 33.3 Å². The molecule has 2 aliphatic heterocycles. The number of fused-ring (bicyclic) bond motifs is 5. The first-order valence-electron chi connectivity index (χ1n) is 7.87. The molecular weight excluding hydrogens is 282 g/mol. The number of nitrogens with zero attached hydrogens (tertiary/aromatic N) is 3. The fourth-order valence-corrected chi connectivity index (χ4v) is 5.47. The molecule has 2 bridgehead atoms. The third kappa shape index (κ3) is 1.72. The molecule has 6 heteroatoms. The fraction of sp³-hybridized carbons (Fsp3) is 0.600. The molecular formula is C15H19N5S. The molecule has 3 N–H and O–H groups in total. The Kier molecular flexibility index (Phi) is 2.49. The van der Waals surface area contributed by atoms with Gasteiger partial charge in [-0.25, -0.2) is 4.98 Å². The summed E-state index contributed by atoms with van der Waals surface area (Å²) in [4.78, 5) is 13.2. The van der Waals surface area contributed by atoms with E-state index in [9.17, 15) is 0 Å². The molecule has 4 heterocycles. The van der Waals surface area contributed by atoms with E-state index in [1.807, 2.05) is 11.3 Å². The van der Waals surface area contributed by atoms with Gasteiger partial charge in [-0.05, 0) is 37.7 Å². The first-order valence-corrected chi connectivity index (χ1v) is 8.69. The topological polar surface area (TPSA) is 67.1 Å². The van der Waals surface area contributed by atoms with Crippen molar-refractivity contribution in [2.45, 2.75) is 44.2 Å². The standard InChI is InChI=1S/C15H19N5S/c16-15-18-12-10-3-1-2-4-11(10)21-13(12)14(19-15)20-7-8-5-9(20)6-17-8/h8-9,17H,1-7H2,(H2,16,18,19)/t8-,9+/m0/s1. The van der Waals surface area contributed by atoms with Crippen molar-refractivity contribution in [1.29, 1.82) is 0 Å². The molecule has 3 aliphatic rings. The van der Waals surface area contributed by atoms with Crippen molar-refractivity contribution < 1.29 is 0 Å². The van der Waals surface area contributed by atoms with Crippen LogP contribution in [-0.2, 0) is 12.8 Å². The molecule has 2 atom stereocenters. The van der Waals surface area contributed by atoms with Crippen LogP contribution in [0.3, 0.4) is 0 Å². The molecule has 0 unspecified atom stereocenters. The molecule has 1 aliphatic carbocycles. The molecule has 2 saturated heterocycles. The van der Waals surface area contributed by atoms with Gasteiger partial charge >= 0.3 is 0 Å². The van der Waals surface area contributed by atoms with E-state index in [-0.39, 0.29) is 0 Å². The monoisotopic (exact) mass is 301 g/mol. The SMILES string of the molecule is Nc1nc(N2C[C@@H]3C[C@@H]2CN3)c2sc3c(c2n1)CCCC3. The van der Waals surface area contributed by atoms with E-state index in [4.69, 9.17) is 5.73 Å². The number of nitrogen functional groups attached to an aromatic ring is 1. The first kappa shape index (κ1) is 12.2. The van der Waals surface area contributed by atoms with Gasteiger partial charge < -0.3 is 16.0 Å². The Balaban J connectivity index is 1.70. The smallest absolute Gasteiger partial charge is 0.222 e. The number of nitrogens with two attached hydrogens (primary N) is 1. The van der Waals surface area contributed by atoms with Crippen molar-refractivity contribution in [3.8, 4) is 0 Å². The van der Waals surface area contributed by atoms with Crippen LogP contribution >= 0.6 is 11.3 Å². The van der Waals surface area contributed by atoms with Gasteiger partial charge in [0.15, 0.2) is 5.82 Å². The van der Waals surface area contributed by atoms with E-state index < -0.39 is 0 Å². The largest absolute Gasteiger partial charge is 0.368 e. The van der Waals surface area contributed by atoms with E-state index in [1.165, 1.54) is 40.8 Å². The zero-order valence-electron chi connectivity index (χ0n) is 11.9. The number of nitrogens with one attached hydrogen (secondary N) is 1. The van der Waals surface area contributed by atoms with Crippen molar-refractivity contribution in [3.05, 3.63) is 10.4 Å². The Morgan fingerprint density at radius 3 is 2.95 bits per heavy atom. The number of rotatable bonds is 1. The molecule has 5 rings (SSSR count). The van der Waals surface area contributed by atoms with Gasteiger partial charge in [0.05, 0.1) is 10.2 Å². The number of piperazine rings is 1. The molecule has 2 fully saturated rings. The van der Waals surface area contributed by atoms with Gasteiger partial charge in [0, 0.05) is 30.1 Å². The van der Waals surface area contributed by atoms with Crippen LogP contribution < -0.4 is 16.0 Å². The second kappa shape index (κ2) is 4.30. The van der Waals surface area contributed by atoms with Crippen LogP contribution in [0.4, 0.5) is 11.8 Å². The van der Waals surface area contributed by atoms with Crippen LogP contribution in [0.1, 0.15) is 29.7 Å². The van der Waals surface area contributed by atoms with Gasteiger partial charge in [-0.3, -0.25) is 0 Å². The summed E-state index contributed by atoms with van der Waals surface area (Å²) in [6.07, 6.45) is 6.16. The Hall–Kier alpha value is -1.40. The zero-order chi connectivity index (χ0) is 14.0. The van der Waals surface area contributed by atoms with Gasteiger partial charge in [0.25, 0.3) is 0 Å². The molecule has 5 nitrogen and oxygen atoms in total. The van der Waals surface area contributed by atoms with Gasteiger partial charge in [-0.2, -0.15) is 4.98 Å². The van der Waals surface area contributed by atoms with E-state index in [1.54, 1.807) is 0 Å². The molecule has 110 valence electrons. The summed E-state index contributed by atoms with van der Waals surface area (Å²) >= 11 is 1.91. The number of hydrogen-bond acceptors (Lipinski definition) is 6. The lowest BCUT2D eigenvalue weighted by Crippen LogP contribution is -2.44. The molecule has 2 aromatic rings. The number of thiophene rings is 1. The minimum atomic E-state index is 0.430. The Labute approximate surface area is 127 Å². The third-order valence-corrected chi connectivity index (χ3v) is 6.40. The molecule has 0 saturated carbocycles. The second-order valence-corrected chi connectivity index (χ2v) is 7.55. The zero-order valence-corrected chi connectivity index (χ0v) is 12.7. The highest BCUT2D eigenvalue weighted by atomic mass is 32.1. The van der Waals surface area contributed by atoms with Gasteiger partial charge in [-0.1, -0.05) is 0 Å². The number of hydrogen-bond donors (Lipinski definition) is 2. The highest BCUT2D eigenvalue weighted by Gasteiger charge is 2.39. The Bertz CT molecular complexity index is 724. The predicted molar refractivity (Wildman–Crippen MR) is 86.0 cm³/mol. The normalized spacial score (nSPS) is 27.5. The average molecular weight is 301 g/mol. The van der Waals surface area contributed by atoms with E-state index >= 15 is 0 Å². The summed E-state index contributed by atoms with van der Waals surface area (Å²) in [7, 11) is 0. The number of aromatic nitrogens is 2. The number of aryl methyl sites for hydroxylation is 2. The summed E-state index contributed by atoms with van der Waals surface area (Å²) in [6.45, 7) is 2.12. The van der Waals surface area contributed by atoms with E-state index in [0.29, 0.717) is 18.0 Å². The summed E-state index contributed by atoms with van der Waals surface area (Å²) in [6, 6.07) is 1.20. The van der Waals surface area contributed by atoms with Crippen molar-refractivity contribution in [2.75, 3.05) is 23.7 Å². The van der Waals surface area contributed by atoms with Crippen LogP contribution in [0.5, 0.6) is 0 Å². The van der Waals surface area contributed by atoms with Crippen molar-refractivity contribution in [3.63, 3.8) is 0 Å². The van der Waals surface area contributed by atoms with Gasteiger partial charge in [0.2, 0.25) is 5.95 Å². The maximum Gasteiger partial charge on any atom is 0.222 e. The minimum absolute atomic E-state index is 0.430. The van der Waals surface area contributed by atoms with Crippen LogP contribution in [0, 0.1) is 0 Å². The number of anilines is 2. The second-order valence-electron chi connectivity index (χ2n) is 6.44. The molecule has 0 amide bonds. The molecule has 0 spiro atoms. The van der Waals surface area contributed by atoms with Crippen LogP contribution in [-0.4, -0.2) is 35.1 Å². The summed E-state index contributed by atoms with van der Waals surface area (Å²) in [5.74, 6) is 1.52. The van der Waals surface area contributed by atoms with Crippen molar-refractivity contribution in [2.24, 2.45) is 0 Å². The van der Waals surface area contributed by atoms with Crippen LogP contribution in [0.25, 0.3) is 10.2 Å². The average Bonchev–Trinajstić information content (AvgIpc) is 3.19. The quantitative estimate of drug-likeness (QED) is 0.839. The van der Waals surface area contributed by atoms with Gasteiger partial charge in [0.1, 0.15) is 0 Å². The minimum Gasteiger partial charge on any atom is -0.368 e. The molecule has 21 heavy (non-hydrogen) atoms. The highest BCUT2D eigenvalue weighted by molar-refractivity contribution is 7.19. The Morgan fingerprint density at radius 2 is 2.14 bits per heavy atom. The summed E-state index contributed by atoms with van der Waals surface area (Å²) < 4.78 is 1.27. The summed E-state index contributed by atoms with van der Waals surface area (Å²) in [5, 5.41) is 3.55. The molecule has 0 aromatic carbocycles. The lowest BCUT2D eigenvalue weighted by atomic mass is 9.98.